The van der Waals surface area contributed by atoms with E-state index >= 15 is 0 Å². The van der Waals surface area contributed by atoms with E-state index in [9.17, 15) is 71.9 Å². The first kappa shape index (κ1) is 114. The number of amides is 14. The van der Waals surface area contributed by atoms with E-state index in [1.165, 1.54) is 13.8 Å². The molecule has 0 saturated carbocycles. The third kappa shape index (κ3) is 72.6. The van der Waals surface area contributed by atoms with E-state index in [2.05, 4.69) is 63.8 Å². The van der Waals surface area contributed by atoms with Crippen LogP contribution in [-0.4, -0.2) is 335 Å². The number of primary amides is 2. The molecule has 6 atom stereocenters. The minimum absolute atomic E-state index is 0.0505. The highest BCUT2D eigenvalue weighted by Crippen LogP contribution is 2.33. The number of urea groups is 1. The summed E-state index contributed by atoms with van der Waals surface area (Å²) in [4.78, 5) is 177. The largest absolute Gasteiger partial charge is 0.377 e. The zero-order valence-electron chi connectivity index (χ0n) is 73.0. The van der Waals surface area contributed by atoms with Crippen LogP contribution in [0.5, 0.6) is 0 Å². The Morgan fingerprint density at radius 2 is 0.639 bits per heavy atom. The molecule has 42 heteroatoms. The fraction of sp³-hybridized carbons (Fsp3) is 0.812. The summed E-state index contributed by atoms with van der Waals surface area (Å²) < 4.78 is 63.2. The topological polar surface area (TPSA) is 563 Å². The highest BCUT2D eigenvalue weighted by atomic mass is 32.2. The highest BCUT2D eigenvalue weighted by molar-refractivity contribution is 8.00. The van der Waals surface area contributed by atoms with Crippen LogP contribution >= 0.6 is 11.8 Å². The molecule has 0 aliphatic carbocycles. The van der Waals surface area contributed by atoms with Gasteiger partial charge in [-0.25, -0.2) is 4.79 Å². The van der Waals surface area contributed by atoms with Crippen molar-refractivity contribution in [3.05, 3.63) is 0 Å². The summed E-state index contributed by atoms with van der Waals surface area (Å²) in [5, 5.41) is 33.8. The predicted molar refractivity (Wildman–Crippen MR) is 451 cm³/mol. The predicted octanol–water partition coefficient (Wildman–Crippen LogP) is -1.27. The number of rotatable bonds is 80. The lowest BCUT2D eigenvalue weighted by atomic mass is 10.0. The van der Waals surface area contributed by atoms with E-state index in [1.807, 2.05) is 25.6 Å². The van der Waals surface area contributed by atoms with Crippen LogP contribution in [0.3, 0.4) is 0 Å². The first-order valence-electron chi connectivity index (χ1n) is 42.8. The van der Waals surface area contributed by atoms with Gasteiger partial charge in [0.2, 0.25) is 70.9 Å². The van der Waals surface area contributed by atoms with Gasteiger partial charge >= 0.3 is 6.03 Å². The van der Waals surface area contributed by atoms with E-state index in [1.54, 1.807) is 13.8 Å². The van der Waals surface area contributed by atoms with Gasteiger partial charge in [0.15, 0.2) is 11.6 Å². The SMILES string of the molecule is CC.CC(=O)COCCOCCNC(=O)COCCOCCNC(=O)CCCC(=O)NCCOCCOCC(=O)NCCOCCOCC(C)=O.C[C@@H](CCCCNC(=O)COCCOCCNC(=O)COCCOCCNC(=O)CCCC(=O)NCCCC[C@H](NC(=O)CCCC[C@@H]1SC[C@@H]2NC(=O)N[C@@H]21)C(=O)NCCCC[C@H](C)C(N)=O)C(N)=O. The second kappa shape index (κ2) is 80.2. The molecule has 2 rings (SSSR count). The summed E-state index contributed by atoms with van der Waals surface area (Å²) in [6.07, 6.45) is 9.96. The van der Waals surface area contributed by atoms with Crippen LogP contribution in [0.25, 0.3) is 0 Å². The van der Waals surface area contributed by atoms with E-state index < -0.39 is 6.04 Å². The van der Waals surface area contributed by atoms with E-state index in [0.717, 1.165) is 37.9 Å². The molecule has 0 aromatic carbocycles. The molecule has 2 aliphatic heterocycles. The molecule has 0 bridgehead atoms. The molecule has 14 amide bonds. The van der Waals surface area contributed by atoms with Gasteiger partial charge in [0.1, 0.15) is 45.7 Å². The number of hydrogen-bond donors (Lipinski definition) is 14. The van der Waals surface area contributed by atoms with Gasteiger partial charge in [-0.15, -0.1) is 0 Å². The Kier molecular flexibility index (Phi) is 75.1. The quantitative estimate of drug-likeness (QED) is 0.0249. The van der Waals surface area contributed by atoms with Crippen LogP contribution in [0.15, 0.2) is 0 Å². The zero-order valence-corrected chi connectivity index (χ0v) is 73.8. The maximum Gasteiger partial charge on any atom is 0.315 e. The summed E-state index contributed by atoms with van der Waals surface area (Å²) in [5.41, 5.74) is 10.6. The maximum atomic E-state index is 13.1. The molecule has 0 spiro atoms. The number of carbonyl (C=O) groups is 15. The number of ether oxygens (including phenoxy) is 12. The van der Waals surface area contributed by atoms with Crippen LogP contribution in [-0.2, 0) is 124 Å². The molecule has 0 radical (unpaired) electrons. The smallest absolute Gasteiger partial charge is 0.315 e. The number of carbonyl (C=O) groups excluding carboxylic acids is 15. The second-order valence-electron chi connectivity index (χ2n) is 28.3. The van der Waals surface area contributed by atoms with E-state index in [4.69, 9.17) is 68.3 Å². The second-order valence-corrected chi connectivity index (χ2v) is 29.5. The lowest BCUT2D eigenvalue weighted by Gasteiger charge is -2.19. The van der Waals surface area contributed by atoms with Gasteiger partial charge in [0.05, 0.1) is 131 Å². The third-order valence-corrected chi connectivity index (χ3v) is 19.0. The molecule has 0 aromatic heterocycles. The van der Waals surface area contributed by atoms with Crippen LogP contribution in [0.1, 0.15) is 164 Å². The summed E-state index contributed by atoms with van der Waals surface area (Å²) in [6, 6.07) is -0.592. The lowest BCUT2D eigenvalue weighted by molar-refractivity contribution is -0.129. The number of thioether (sulfide) groups is 1. The van der Waals surface area contributed by atoms with Gasteiger partial charge in [-0.2, -0.15) is 11.8 Å². The van der Waals surface area contributed by atoms with Gasteiger partial charge < -0.3 is 132 Å². The van der Waals surface area contributed by atoms with Gasteiger partial charge in [0, 0.05) is 114 Å². The number of unbranched alkanes of at least 4 members (excludes halogenated alkanes) is 4. The summed E-state index contributed by atoms with van der Waals surface area (Å²) in [6.45, 7) is 18.1. The highest BCUT2D eigenvalue weighted by Gasteiger charge is 2.42. The van der Waals surface area contributed by atoms with Crippen molar-refractivity contribution in [3.8, 4) is 0 Å². The van der Waals surface area contributed by atoms with Crippen molar-refractivity contribution in [2.75, 3.05) is 223 Å². The first-order valence-corrected chi connectivity index (χ1v) is 43.8. The van der Waals surface area contributed by atoms with E-state index in [0.29, 0.717) is 148 Å². The first-order chi connectivity index (χ1) is 58.9. The number of hydrogen-bond acceptors (Lipinski definition) is 28. The standard InChI is InChI=1S/C47H84N10O13S.C31H56N4O14.C2H6/c1-33(44(48)63)12-5-8-20-51-41(61)30-69-28-27-68-25-23-53-42(62)31-70-29-26-67-24-22-52-39(59)18-11-17-38(58)50-19-10-7-14-35(46(65)54-21-9-6-13-34(2)45(49)64)55-40(60)16-4-3-15-37-43-36(32-71-37)56-47(66)57-43;1-26(36)22-46-18-14-44-12-8-34-30(40)24-48-20-16-42-10-6-32-28(38)4-3-5-29(39)33-7-11-43-17-21-49-25-31(41)35-9-13-45-15-19-47-23-27(2)37;1-2/h33-37,43H,3-32H2,1-2H3,(H2,48,63)(H2,49,64)(H,50,58)(H,51,61)(H,52,59)(H,53,62)(H,54,65)(H,55,60)(H2,56,57,66);3-25H2,1-2H3,(H,32,38)(H,33,39)(H,34,40)(H,35,41);1-2H3/t33-,34-,35-,36-,37-,43-;;/m0../s1. The normalized spacial score (nSPS) is 14.4. The fourth-order valence-corrected chi connectivity index (χ4v) is 12.4. The molecule has 2 fully saturated rings. The number of fused-ring (bicyclic) bond motifs is 1. The Balaban J connectivity index is 0.00000251. The molecule has 122 heavy (non-hydrogen) atoms. The van der Waals surface area contributed by atoms with Crippen LogP contribution in [0.4, 0.5) is 4.79 Å². The third-order valence-electron chi connectivity index (χ3n) is 17.5. The van der Waals surface area contributed by atoms with Gasteiger partial charge in [0.25, 0.3) is 0 Å². The number of nitrogens with one attached hydrogen (secondary N) is 12. The van der Waals surface area contributed by atoms with Crippen LogP contribution in [0, 0.1) is 11.8 Å². The molecule has 0 aromatic rings. The van der Waals surface area contributed by atoms with Gasteiger partial charge in [-0.05, 0) is 84.5 Å². The average Bonchev–Trinajstić information content (AvgIpc) is 1.67. The van der Waals surface area contributed by atoms with Crippen LogP contribution < -0.4 is 75.3 Å². The lowest BCUT2D eigenvalue weighted by Crippen LogP contribution is -2.47. The Morgan fingerprint density at radius 3 is 0.984 bits per heavy atom. The summed E-state index contributed by atoms with van der Waals surface area (Å²) in [5.74, 6) is -2.67. The molecule has 0 unspecified atom stereocenters. The molecule has 2 aliphatic rings. The molecule has 41 nitrogen and oxygen atoms in total. The molecule has 704 valence electrons. The Hall–Kier alpha value is -7.88. The van der Waals surface area contributed by atoms with Crippen molar-refractivity contribution in [2.45, 2.75) is 187 Å². The van der Waals surface area contributed by atoms with Gasteiger partial charge in [-0.3, -0.25) is 67.1 Å². The molecular formula is C80H146N14O27S. The minimum atomic E-state index is -0.731. The zero-order chi connectivity index (χ0) is 90.3. The van der Waals surface area contributed by atoms with Gasteiger partial charge in [-0.1, -0.05) is 47.0 Å². The van der Waals surface area contributed by atoms with Crippen molar-refractivity contribution in [1.29, 1.82) is 0 Å². The van der Waals surface area contributed by atoms with Crippen molar-refractivity contribution in [1.82, 2.24) is 63.8 Å². The number of nitrogens with two attached hydrogens (primary N) is 2. The van der Waals surface area contributed by atoms with E-state index in [-0.39, 0.29) is 277 Å². The number of Topliss-reactive ketones (excluding diaryl/α,β-unsaturated/α-hetero) is 2. The fourth-order valence-electron chi connectivity index (χ4n) is 10.9. The minimum Gasteiger partial charge on any atom is -0.377 e. The maximum absolute atomic E-state index is 13.1. The molecular weight excluding hydrogens is 1620 g/mol. The monoisotopic (exact) mass is 1770 g/mol. The van der Waals surface area contributed by atoms with Crippen molar-refractivity contribution in [3.63, 3.8) is 0 Å². The number of ketones is 2. The van der Waals surface area contributed by atoms with Crippen molar-refractivity contribution >= 4 is 100 Å². The summed E-state index contributed by atoms with van der Waals surface area (Å²) >= 11 is 1.83. The summed E-state index contributed by atoms with van der Waals surface area (Å²) in [7, 11) is 0. The Morgan fingerprint density at radius 1 is 0.344 bits per heavy atom. The average molecular weight is 1770 g/mol. The molecule has 16 N–H and O–H groups in total. The molecule has 2 saturated heterocycles. The van der Waals surface area contributed by atoms with Crippen molar-refractivity contribution in [2.24, 2.45) is 23.3 Å². The Labute approximate surface area is 723 Å². The van der Waals surface area contributed by atoms with Crippen molar-refractivity contribution < 1.29 is 129 Å². The van der Waals surface area contributed by atoms with Crippen LogP contribution in [0.2, 0.25) is 0 Å². The molecule has 2 heterocycles. The Bertz CT molecular complexity index is 2830.